The topological polar surface area (TPSA) is 78.3 Å². The summed E-state index contributed by atoms with van der Waals surface area (Å²) >= 11 is 0. The fourth-order valence-electron chi connectivity index (χ4n) is 0.0481. The Morgan fingerprint density at radius 3 is 2.14 bits per heavy atom. The molecule has 5 heteroatoms. The van der Waals surface area contributed by atoms with Gasteiger partial charge in [-0.1, -0.05) is 0 Å². The Morgan fingerprint density at radius 2 is 2.14 bits per heavy atom. The van der Waals surface area contributed by atoms with Crippen molar-refractivity contribution in [1.82, 2.24) is 0 Å². The third-order valence-electron chi connectivity index (χ3n) is 0.298. The van der Waals surface area contributed by atoms with Gasteiger partial charge in [0.15, 0.2) is 0 Å². The first-order valence-corrected chi connectivity index (χ1v) is 1.41. The molecule has 0 unspecified atom stereocenters. The van der Waals surface area contributed by atoms with Gasteiger partial charge in [0, 0.05) is 0 Å². The minimum absolute atomic E-state index is 0. The van der Waals surface area contributed by atoms with Gasteiger partial charge in [-0.15, -0.1) is 12.4 Å². The molecule has 0 amide bonds. The van der Waals surface area contributed by atoms with E-state index in [1.165, 1.54) is 0 Å². The van der Waals surface area contributed by atoms with E-state index >= 15 is 0 Å². The monoisotopic (exact) mass is 126 g/mol. The van der Waals surface area contributed by atoms with Crippen LogP contribution in [0.4, 0.5) is 0 Å². The fraction of sp³-hybridized carbons (Fsp3) is 0.500. The molecule has 0 spiro atoms. The summed E-state index contributed by atoms with van der Waals surface area (Å²) in [6, 6.07) is 0. The molecule has 0 fully saturated rings. The first-order chi connectivity index (χ1) is 2.81. The molecule has 4 N–H and O–H groups in total. The van der Waals surface area contributed by atoms with Gasteiger partial charge in [-0.25, -0.2) is 4.79 Å². The van der Waals surface area contributed by atoms with Crippen molar-refractivity contribution in [3.05, 3.63) is 0 Å². The van der Waals surface area contributed by atoms with Crippen LogP contribution >= 0.6 is 12.4 Å². The first kappa shape index (κ1) is 9.84. The van der Waals surface area contributed by atoms with E-state index in [1.54, 1.807) is 0 Å². The fourth-order valence-corrected chi connectivity index (χ4v) is 0.0481. The number of carbonyl (C=O) groups excluding carboxylic acids is 1. The largest absolute Gasteiger partial charge is 0.372 e. The predicted molar refractivity (Wildman–Crippen MR) is 26.6 cm³/mol. The minimum Gasteiger partial charge on any atom is -0.372 e. The summed E-state index contributed by atoms with van der Waals surface area (Å²) in [4.78, 5) is 13.3. The lowest BCUT2D eigenvalue weighted by molar-refractivity contribution is -0.142. The van der Waals surface area contributed by atoms with Crippen LogP contribution in [-0.4, -0.2) is 12.5 Å². The van der Waals surface area contributed by atoms with E-state index in [0.29, 0.717) is 0 Å². The number of hydrogen-bond acceptors (Lipinski definition) is 4. The zero-order valence-electron chi connectivity index (χ0n) is 3.59. The normalized spacial score (nSPS) is 6.57. The summed E-state index contributed by atoms with van der Waals surface area (Å²) in [5.41, 5.74) is 4.73. The number of halogens is 1. The lowest BCUT2D eigenvalue weighted by Gasteiger charge is -1.86. The van der Waals surface area contributed by atoms with E-state index in [0.717, 1.165) is 0 Å². The van der Waals surface area contributed by atoms with Crippen LogP contribution in [0.2, 0.25) is 0 Å². The molecule has 0 saturated heterocycles. The number of hydrogen-bond donors (Lipinski definition) is 2. The number of nitrogens with two attached hydrogens (primary N) is 2. The van der Waals surface area contributed by atoms with Gasteiger partial charge in [-0.05, 0) is 0 Å². The van der Waals surface area contributed by atoms with Crippen molar-refractivity contribution in [2.75, 3.05) is 6.54 Å². The Hall–Kier alpha value is -0.320. The first-order valence-electron chi connectivity index (χ1n) is 1.41. The highest BCUT2D eigenvalue weighted by atomic mass is 35.5. The van der Waals surface area contributed by atoms with E-state index in [2.05, 4.69) is 10.7 Å². The Balaban J connectivity index is 0. The Kier molecular flexibility index (Phi) is 7.98. The summed E-state index contributed by atoms with van der Waals surface area (Å²) < 4.78 is 0. The maximum atomic E-state index is 9.71. The highest BCUT2D eigenvalue weighted by molar-refractivity contribution is 5.85. The molecule has 7 heavy (non-hydrogen) atoms. The summed E-state index contributed by atoms with van der Waals surface area (Å²) in [5.74, 6) is 3.75. The van der Waals surface area contributed by atoms with Crippen LogP contribution in [0.1, 0.15) is 0 Å². The molecule has 0 aliphatic heterocycles. The van der Waals surface area contributed by atoms with Crippen molar-refractivity contribution in [1.29, 1.82) is 0 Å². The SMILES string of the molecule is Cl.NCC(=O)ON. The minimum atomic E-state index is -0.602. The molecule has 0 saturated carbocycles. The molecule has 0 aliphatic rings. The Bertz CT molecular complexity index is 51.7. The van der Waals surface area contributed by atoms with Gasteiger partial charge >= 0.3 is 5.97 Å². The van der Waals surface area contributed by atoms with Crippen LogP contribution in [0.15, 0.2) is 0 Å². The summed E-state index contributed by atoms with van der Waals surface area (Å²) in [6.07, 6.45) is 0. The van der Waals surface area contributed by atoms with E-state index in [9.17, 15) is 4.79 Å². The van der Waals surface area contributed by atoms with E-state index in [4.69, 9.17) is 5.73 Å². The van der Waals surface area contributed by atoms with E-state index in [1.807, 2.05) is 0 Å². The second kappa shape index (κ2) is 5.68. The van der Waals surface area contributed by atoms with Gasteiger partial charge in [-0.3, -0.25) is 0 Å². The van der Waals surface area contributed by atoms with Crippen molar-refractivity contribution in [2.24, 2.45) is 11.6 Å². The lowest BCUT2D eigenvalue weighted by Crippen LogP contribution is -2.19. The van der Waals surface area contributed by atoms with Gasteiger partial charge in [0.05, 0.1) is 6.54 Å². The predicted octanol–water partition coefficient (Wildman–Crippen LogP) is -1.22. The maximum absolute atomic E-state index is 9.71. The smallest absolute Gasteiger partial charge is 0.338 e. The van der Waals surface area contributed by atoms with Crippen molar-refractivity contribution in [3.63, 3.8) is 0 Å². The molecule has 0 rings (SSSR count). The maximum Gasteiger partial charge on any atom is 0.338 e. The van der Waals surface area contributed by atoms with Gasteiger partial charge in [0.2, 0.25) is 0 Å². The van der Waals surface area contributed by atoms with Crippen LogP contribution < -0.4 is 11.6 Å². The third kappa shape index (κ3) is 5.68. The van der Waals surface area contributed by atoms with Crippen LogP contribution in [0.25, 0.3) is 0 Å². The van der Waals surface area contributed by atoms with Gasteiger partial charge in [0.1, 0.15) is 0 Å². The Labute approximate surface area is 47.2 Å². The van der Waals surface area contributed by atoms with E-state index in [-0.39, 0.29) is 19.0 Å². The second-order valence-corrected chi connectivity index (χ2v) is 0.694. The quantitative estimate of drug-likeness (QED) is 0.432. The summed E-state index contributed by atoms with van der Waals surface area (Å²) in [5, 5.41) is 0. The zero-order chi connectivity index (χ0) is 4.99. The van der Waals surface area contributed by atoms with Crippen molar-refractivity contribution in [3.8, 4) is 0 Å². The van der Waals surface area contributed by atoms with Crippen molar-refractivity contribution < 1.29 is 9.63 Å². The molecule has 0 aromatic carbocycles. The standard InChI is InChI=1S/C2H6N2O2.ClH/c3-1-2(5)6-4;/h1,3-4H2;1H. The number of rotatable bonds is 1. The molecule has 0 heterocycles. The molecule has 4 nitrogen and oxygen atoms in total. The molecular weight excluding hydrogens is 119 g/mol. The average molecular weight is 127 g/mol. The molecule has 0 atom stereocenters. The van der Waals surface area contributed by atoms with Crippen LogP contribution in [0.3, 0.4) is 0 Å². The highest BCUT2D eigenvalue weighted by Crippen LogP contribution is 1.56. The Morgan fingerprint density at radius 1 is 1.71 bits per heavy atom. The molecule has 0 aromatic heterocycles. The van der Waals surface area contributed by atoms with Crippen LogP contribution in [0.5, 0.6) is 0 Å². The molecule has 0 aliphatic carbocycles. The third-order valence-corrected chi connectivity index (χ3v) is 0.298. The van der Waals surface area contributed by atoms with Crippen molar-refractivity contribution >= 4 is 18.4 Å². The molecule has 0 aromatic rings. The lowest BCUT2D eigenvalue weighted by atomic mass is 10.7. The molecular formula is C2H7ClN2O2. The van der Waals surface area contributed by atoms with Crippen LogP contribution in [-0.2, 0) is 9.63 Å². The van der Waals surface area contributed by atoms with Gasteiger partial charge < -0.3 is 10.6 Å². The molecule has 0 radical (unpaired) electrons. The summed E-state index contributed by atoms with van der Waals surface area (Å²) in [6.45, 7) is -0.156. The summed E-state index contributed by atoms with van der Waals surface area (Å²) in [7, 11) is 0. The average Bonchev–Trinajstić information content (AvgIpc) is 1.65. The zero-order valence-corrected chi connectivity index (χ0v) is 4.40. The highest BCUT2D eigenvalue weighted by Gasteiger charge is 1.89. The van der Waals surface area contributed by atoms with Gasteiger partial charge in [-0.2, -0.15) is 5.90 Å². The number of carbonyl (C=O) groups is 1. The second-order valence-electron chi connectivity index (χ2n) is 0.694. The van der Waals surface area contributed by atoms with E-state index < -0.39 is 5.97 Å². The van der Waals surface area contributed by atoms with Gasteiger partial charge in [0.25, 0.3) is 0 Å². The molecule has 44 valence electrons. The van der Waals surface area contributed by atoms with Crippen LogP contribution in [0, 0.1) is 0 Å². The molecule has 0 bridgehead atoms. The van der Waals surface area contributed by atoms with Crippen molar-refractivity contribution in [2.45, 2.75) is 0 Å².